The second kappa shape index (κ2) is 6.62. The number of hydrogen-bond acceptors (Lipinski definition) is 1. The van der Waals surface area contributed by atoms with Gasteiger partial charge in [0.05, 0.1) is 0 Å². The van der Waals surface area contributed by atoms with Crippen LogP contribution in [0.25, 0.3) is 0 Å². The summed E-state index contributed by atoms with van der Waals surface area (Å²) in [6.45, 7) is 2.72. The molecule has 4 heteroatoms. The molecule has 1 saturated heterocycles. The Morgan fingerprint density at radius 3 is 2.84 bits per heavy atom. The van der Waals surface area contributed by atoms with Gasteiger partial charge in [-0.25, -0.2) is 0 Å². The molecule has 1 aliphatic rings. The maximum absolute atomic E-state index is 12.6. The first-order valence-electron chi connectivity index (χ1n) is 6.76. The van der Waals surface area contributed by atoms with Crippen LogP contribution in [0.4, 0.5) is 0 Å². The van der Waals surface area contributed by atoms with Crippen molar-refractivity contribution in [3.63, 3.8) is 0 Å². The smallest absolute Gasteiger partial charge is 0.254 e. The van der Waals surface area contributed by atoms with Gasteiger partial charge in [-0.2, -0.15) is 0 Å². The standard InChI is InChI=1S/C15H19Cl2NO/c1-11-9-12(6-7-14(11)17)15(19)18-8-4-2-3-5-13(18)10-16/h6-7,9,13H,2-5,8,10H2,1H3. The van der Waals surface area contributed by atoms with E-state index in [4.69, 9.17) is 23.2 Å². The average Bonchev–Trinajstić information content (AvgIpc) is 2.66. The summed E-state index contributed by atoms with van der Waals surface area (Å²) < 4.78 is 0. The largest absolute Gasteiger partial charge is 0.334 e. The lowest BCUT2D eigenvalue weighted by molar-refractivity contribution is 0.0700. The third kappa shape index (κ3) is 3.43. The van der Waals surface area contributed by atoms with E-state index < -0.39 is 0 Å². The highest BCUT2D eigenvalue weighted by atomic mass is 35.5. The average molecular weight is 300 g/mol. The van der Waals surface area contributed by atoms with Crippen LogP contribution >= 0.6 is 23.2 Å². The van der Waals surface area contributed by atoms with Crippen molar-refractivity contribution in [3.8, 4) is 0 Å². The second-order valence-electron chi connectivity index (χ2n) is 5.12. The van der Waals surface area contributed by atoms with Crippen LogP contribution in [-0.4, -0.2) is 29.3 Å². The molecule has 0 N–H and O–H groups in total. The summed E-state index contributed by atoms with van der Waals surface area (Å²) >= 11 is 12.0. The molecular weight excluding hydrogens is 281 g/mol. The van der Waals surface area contributed by atoms with Gasteiger partial charge in [0.1, 0.15) is 0 Å². The molecule has 0 aromatic heterocycles. The van der Waals surface area contributed by atoms with Crippen molar-refractivity contribution in [2.24, 2.45) is 0 Å². The predicted molar refractivity (Wildman–Crippen MR) is 80.2 cm³/mol. The number of carbonyl (C=O) groups is 1. The first-order chi connectivity index (χ1) is 9.13. The third-order valence-corrected chi connectivity index (χ3v) is 4.50. The zero-order valence-corrected chi connectivity index (χ0v) is 12.7. The molecule has 0 spiro atoms. The van der Waals surface area contributed by atoms with Gasteiger partial charge >= 0.3 is 0 Å². The van der Waals surface area contributed by atoms with Gasteiger partial charge in [0.15, 0.2) is 0 Å². The van der Waals surface area contributed by atoms with E-state index in [0.29, 0.717) is 16.5 Å². The van der Waals surface area contributed by atoms with Crippen LogP contribution in [0, 0.1) is 6.92 Å². The van der Waals surface area contributed by atoms with Crippen molar-refractivity contribution in [3.05, 3.63) is 34.3 Å². The topological polar surface area (TPSA) is 20.3 Å². The lowest BCUT2D eigenvalue weighted by atomic mass is 10.1. The fourth-order valence-corrected chi connectivity index (χ4v) is 2.99. The molecule has 1 fully saturated rings. The zero-order valence-electron chi connectivity index (χ0n) is 11.2. The predicted octanol–water partition coefficient (Wildman–Crippen LogP) is 4.27. The van der Waals surface area contributed by atoms with E-state index in [2.05, 4.69) is 0 Å². The van der Waals surface area contributed by atoms with E-state index in [1.165, 1.54) is 6.42 Å². The Labute approximate surface area is 124 Å². The van der Waals surface area contributed by atoms with E-state index in [1.54, 1.807) is 12.1 Å². The summed E-state index contributed by atoms with van der Waals surface area (Å²) in [5, 5.41) is 0.696. The lowest BCUT2D eigenvalue weighted by Crippen LogP contribution is -2.41. The van der Waals surface area contributed by atoms with E-state index in [0.717, 1.165) is 31.4 Å². The molecule has 0 saturated carbocycles. The number of carbonyl (C=O) groups excluding carboxylic acids is 1. The van der Waals surface area contributed by atoms with Gasteiger partial charge < -0.3 is 4.90 Å². The number of alkyl halides is 1. The van der Waals surface area contributed by atoms with Crippen molar-refractivity contribution < 1.29 is 4.79 Å². The highest BCUT2D eigenvalue weighted by molar-refractivity contribution is 6.31. The highest BCUT2D eigenvalue weighted by Crippen LogP contribution is 2.22. The Balaban J connectivity index is 2.22. The monoisotopic (exact) mass is 299 g/mol. The summed E-state index contributed by atoms with van der Waals surface area (Å²) in [6.07, 6.45) is 4.39. The third-order valence-electron chi connectivity index (χ3n) is 3.72. The second-order valence-corrected chi connectivity index (χ2v) is 5.84. The Kier molecular flexibility index (Phi) is 5.12. The summed E-state index contributed by atoms with van der Waals surface area (Å²) in [4.78, 5) is 14.5. The van der Waals surface area contributed by atoms with Crippen molar-refractivity contribution in [1.29, 1.82) is 0 Å². The highest BCUT2D eigenvalue weighted by Gasteiger charge is 2.25. The molecule has 1 aromatic carbocycles. The summed E-state index contributed by atoms with van der Waals surface area (Å²) in [5.41, 5.74) is 1.64. The fraction of sp³-hybridized carbons (Fsp3) is 0.533. The number of amides is 1. The van der Waals surface area contributed by atoms with Crippen molar-refractivity contribution in [2.45, 2.75) is 38.6 Å². The van der Waals surface area contributed by atoms with Crippen molar-refractivity contribution in [2.75, 3.05) is 12.4 Å². The molecule has 1 aliphatic heterocycles. The normalized spacial score (nSPS) is 20.2. The minimum atomic E-state index is 0.0762. The van der Waals surface area contributed by atoms with Crippen LogP contribution < -0.4 is 0 Å². The number of nitrogens with zero attached hydrogens (tertiary/aromatic N) is 1. The van der Waals surface area contributed by atoms with Gasteiger partial charge in [0.25, 0.3) is 5.91 Å². The van der Waals surface area contributed by atoms with Gasteiger partial charge in [-0.15, -0.1) is 11.6 Å². The number of aryl methyl sites for hydroxylation is 1. The van der Waals surface area contributed by atoms with E-state index in [9.17, 15) is 4.79 Å². The minimum Gasteiger partial charge on any atom is -0.334 e. The van der Waals surface area contributed by atoms with Crippen LogP contribution in [0.3, 0.4) is 0 Å². The fourth-order valence-electron chi connectivity index (χ4n) is 2.55. The summed E-state index contributed by atoms with van der Waals surface area (Å²) in [7, 11) is 0. The molecule has 0 bridgehead atoms. The Bertz CT molecular complexity index is 461. The quantitative estimate of drug-likeness (QED) is 0.747. The number of hydrogen-bond donors (Lipinski definition) is 0. The number of rotatable bonds is 2. The Morgan fingerprint density at radius 1 is 1.37 bits per heavy atom. The zero-order chi connectivity index (χ0) is 13.8. The van der Waals surface area contributed by atoms with Gasteiger partial charge in [-0.05, 0) is 43.5 Å². The maximum Gasteiger partial charge on any atom is 0.254 e. The van der Waals surface area contributed by atoms with E-state index in [1.807, 2.05) is 17.9 Å². The van der Waals surface area contributed by atoms with E-state index in [-0.39, 0.29) is 11.9 Å². The number of benzene rings is 1. The molecule has 2 nitrogen and oxygen atoms in total. The van der Waals surface area contributed by atoms with Gasteiger partial charge in [-0.3, -0.25) is 4.79 Å². The summed E-state index contributed by atoms with van der Waals surface area (Å²) in [5.74, 6) is 0.588. The minimum absolute atomic E-state index is 0.0762. The molecule has 19 heavy (non-hydrogen) atoms. The summed E-state index contributed by atoms with van der Waals surface area (Å²) in [6, 6.07) is 5.61. The molecule has 1 atom stereocenters. The Morgan fingerprint density at radius 2 is 2.16 bits per heavy atom. The van der Waals surface area contributed by atoms with Crippen molar-refractivity contribution >= 4 is 29.1 Å². The molecule has 2 rings (SSSR count). The number of halogens is 2. The molecule has 1 unspecified atom stereocenters. The maximum atomic E-state index is 12.6. The molecule has 0 radical (unpaired) electrons. The molecule has 104 valence electrons. The number of likely N-dealkylation sites (tertiary alicyclic amines) is 1. The van der Waals surface area contributed by atoms with E-state index >= 15 is 0 Å². The SMILES string of the molecule is Cc1cc(C(=O)N2CCCCCC2CCl)ccc1Cl. The van der Waals surface area contributed by atoms with Gasteiger partial charge in [0, 0.05) is 29.1 Å². The molecule has 1 aromatic rings. The molecule has 1 heterocycles. The lowest BCUT2D eigenvalue weighted by Gasteiger charge is -2.28. The van der Waals surface area contributed by atoms with Crippen LogP contribution in [0.2, 0.25) is 5.02 Å². The molecule has 0 aliphatic carbocycles. The first-order valence-corrected chi connectivity index (χ1v) is 7.68. The van der Waals surface area contributed by atoms with Gasteiger partial charge in [-0.1, -0.05) is 24.4 Å². The molecular formula is C15H19Cl2NO. The van der Waals surface area contributed by atoms with Crippen LogP contribution in [0.15, 0.2) is 18.2 Å². The van der Waals surface area contributed by atoms with Crippen molar-refractivity contribution in [1.82, 2.24) is 4.90 Å². The Hall–Kier alpha value is -0.730. The van der Waals surface area contributed by atoms with Crippen LogP contribution in [0.5, 0.6) is 0 Å². The first kappa shape index (κ1) is 14.7. The molecule has 1 amide bonds. The van der Waals surface area contributed by atoms with Gasteiger partial charge in [0.2, 0.25) is 0 Å². The van der Waals surface area contributed by atoms with Crippen LogP contribution in [-0.2, 0) is 0 Å². The van der Waals surface area contributed by atoms with Crippen LogP contribution in [0.1, 0.15) is 41.6 Å².